The van der Waals surface area contributed by atoms with Crippen LogP contribution in [-0.2, 0) is 0 Å². The van der Waals surface area contributed by atoms with E-state index in [4.69, 9.17) is 4.74 Å². The zero-order chi connectivity index (χ0) is 10.1. The van der Waals surface area contributed by atoms with Gasteiger partial charge in [0, 0.05) is 5.56 Å². The van der Waals surface area contributed by atoms with Crippen LogP contribution in [0.1, 0.15) is 24.5 Å². The summed E-state index contributed by atoms with van der Waals surface area (Å²) in [6.45, 7) is 0.564. The fourth-order valence-corrected chi connectivity index (χ4v) is 2.15. The van der Waals surface area contributed by atoms with E-state index in [2.05, 4.69) is 15.9 Å². The van der Waals surface area contributed by atoms with Gasteiger partial charge in [-0.25, -0.2) is 4.39 Å². The molecule has 1 aromatic rings. The smallest absolute Gasteiger partial charge is 0.139 e. The normalized spacial score (nSPS) is 20.9. The lowest BCUT2D eigenvalue weighted by molar-refractivity contribution is 0.167. The molecule has 2 nitrogen and oxygen atoms in total. The Labute approximate surface area is 89.8 Å². The molecule has 2 rings (SSSR count). The fraction of sp³-hybridized carbons (Fsp3) is 0.400. The summed E-state index contributed by atoms with van der Waals surface area (Å²) >= 11 is 3.22. The number of fused-ring (bicyclic) bond motifs is 1. The van der Waals surface area contributed by atoms with Crippen molar-refractivity contribution in [3.63, 3.8) is 0 Å². The predicted octanol–water partition coefficient (Wildman–Crippen LogP) is 2.79. The standard InChI is InChI=1S/C10H10BrFO2/c11-8-5-6(12)4-7-9(13)2-1-3-14-10(7)8/h4-5,9,13H,1-3H2. The van der Waals surface area contributed by atoms with Crippen LogP contribution in [0.2, 0.25) is 0 Å². The Bertz CT molecular complexity index is 354. The minimum Gasteiger partial charge on any atom is -0.492 e. The van der Waals surface area contributed by atoms with Gasteiger partial charge >= 0.3 is 0 Å². The first-order chi connectivity index (χ1) is 6.68. The van der Waals surface area contributed by atoms with Gasteiger partial charge in [-0.15, -0.1) is 0 Å². The molecule has 1 aromatic carbocycles. The molecule has 1 aliphatic rings. The lowest BCUT2D eigenvalue weighted by atomic mass is 10.1. The summed E-state index contributed by atoms with van der Waals surface area (Å²) in [5.74, 6) is 0.205. The first-order valence-electron chi connectivity index (χ1n) is 4.48. The third-order valence-corrected chi connectivity index (χ3v) is 2.85. The Morgan fingerprint density at radius 2 is 2.29 bits per heavy atom. The Balaban J connectivity index is 2.53. The van der Waals surface area contributed by atoms with Crippen LogP contribution in [0.15, 0.2) is 16.6 Å². The van der Waals surface area contributed by atoms with E-state index in [1.54, 1.807) is 0 Å². The van der Waals surface area contributed by atoms with Crippen LogP contribution in [0.5, 0.6) is 5.75 Å². The van der Waals surface area contributed by atoms with E-state index in [-0.39, 0.29) is 5.82 Å². The molecule has 0 radical (unpaired) electrons. The zero-order valence-electron chi connectivity index (χ0n) is 7.46. The van der Waals surface area contributed by atoms with E-state index < -0.39 is 6.10 Å². The van der Waals surface area contributed by atoms with E-state index in [0.29, 0.717) is 28.8 Å². The van der Waals surface area contributed by atoms with E-state index in [1.165, 1.54) is 12.1 Å². The highest BCUT2D eigenvalue weighted by atomic mass is 79.9. The van der Waals surface area contributed by atoms with E-state index in [9.17, 15) is 9.50 Å². The van der Waals surface area contributed by atoms with Crippen molar-refractivity contribution in [3.05, 3.63) is 28.0 Å². The van der Waals surface area contributed by atoms with Crippen molar-refractivity contribution in [2.24, 2.45) is 0 Å². The first-order valence-corrected chi connectivity index (χ1v) is 5.27. The maximum Gasteiger partial charge on any atom is 0.139 e. The lowest BCUT2D eigenvalue weighted by Gasteiger charge is -2.12. The van der Waals surface area contributed by atoms with E-state index >= 15 is 0 Å². The van der Waals surface area contributed by atoms with Crippen LogP contribution >= 0.6 is 15.9 Å². The molecule has 1 heterocycles. The summed E-state index contributed by atoms with van der Waals surface area (Å²) in [7, 11) is 0. The third-order valence-electron chi connectivity index (χ3n) is 2.26. The van der Waals surface area contributed by atoms with Crippen molar-refractivity contribution < 1.29 is 14.2 Å². The largest absolute Gasteiger partial charge is 0.492 e. The lowest BCUT2D eigenvalue weighted by Crippen LogP contribution is -1.98. The van der Waals surface area contributed by atoms with E-state index in [1.807, 2.05) is 0 Å². The maximum atomic E-state index is 13.1. The van der Waals surface area contributed by atoms with Crippen LogP contribution in [0.25, 0.3) is 0 Å². The van der Waals surface area contributed by atoms with Gasteiger partial charge in [-0.1, -0.05) is 0 Å². The molecule has 0 amide bonds. The van der Waals surface area contributed by atoms with Gasteiger partial charge in [0.2, 0.25) is 0 Å². The first kappa shape index (κ1) is 9.93. The molecule has 4 heteroatoms. The molecule has 1 unspecified atom stereocenters. The molecular formula is C10H10BrFO2. The third kappa shape index (κ3) is 1.77. The molecule has 76 valence electrons. The summed E-state index contributed by atoms with van der Waals surface area (Å²) < 4.78 is 19.1. The van der Waals surface area contributed by atoms with Crippen LogP contribution in [-0.4, -0.2) is 11.7 Å². The van der Waals surface area contributed by atoms with Gasteiger partial charge in [0.15, 0.2) is 0 Å². The molecule has 0 saturated carbocycles. The average Bonchev–Trinajstić information content (AvgIpc) is 2.29. The second kappa shape index (κ2) is 3.87. The SMILES string of the molecule is OC1CCCOc2c(Br)cc(F)cc21. The maximum absolute atomic E-state index is 13.1. The van der Waals surface area contributed by atoms with Gasteiger partial charge in [-0.05, 0) is 40.9 Å². The van der Waals surface area contributed by atoms with Crippen LogP contribution in [0.4, 0.5) is 4.39 Å². The van der Waals surface area contributed by atoms with Gasteiger partial charge in [-0.3, -0.25) is 0 Å². The molecule has 14 heavy (non-hydrogen) atoms. The monoisotopic (exact) mass is 260 g/mol. The van der Waals surface area contributed by atoms with Crippen molar-refractivity contribution in [1.82, 2.24) is 0 Å². The number of rotatable bonds is 0. The van der Waals surface area contributed by atoms with Crippen LogP contribution in [0, 0.1) is 5.82 Å². The summed E-state index contributed by atoms with van der Waals surface area (Å²) in [6, 6.07) is 2.67. The highest BCUT2D eigenvalue weighted by molar-refractivity contribution is 9.10. The van der Waals surface area contributed by atoms with Crippen LogP contribution < -0.4 is 4.74 Å². The second-order valence-electron chi connectivity index (χ2n) is 3.31. The van der Waals surface area contributed by atoms with Crippen LogP contribution in [0.3, 0.4) is 0 Å². The number of aliphatic hydroxyl groups is 1. The van der Waals surface area contributed by atoms with Crippen molar-refractivity contribution in [2.45, 2.75) is 18.9 Å². The van der Waals surface area contributed by atoms with Gasteiger partial charge in [-0.2, -0.15) is 0 Å². The molecule has 0 saturated heterocycles. The van der Waals surface area contributed by atoms with Gasteiger partial charge in [0.25, 0.3) is 0 Å². The summed E-state index contributed by atoms with van der Waals surface area (Å²) in [5.41, 5.74) is 0.536. The molecular weight excluding hydrogens is 251 g/mol. The average molecular weight is 261 g/mol. The Morgan fingerprint density at radius 1 is 1.50 bits per heavy atom. The Hall–Kier alpha value is -0.610. The number of aliphatic hydroxyl groups excluding tert-OH is 1. The molecule has 0 bridgehead atoms. The molecule has 0 aromatic heterocycles. The number of benzene rings is 1. The number of ether oxygens (including phenoxy) is 1. The van der Waals surface area contributed by atoms with Gasteiger partial charge in [0.05, 0.1) is 17.2 Å². The second-order valence-corrected chi connectivity index (χ2v) is 4.17. The quantitative estimate of drug-likeness (QED) is 0.778. The molecule has 1 N–H and O–H groups in total. The number of hydrogen-bond donors (Lipinski definition) is 1. The topological polar surface area (TPSA) is 29.5 Å². The summed E-state index contributed by atoms with van der Waals surface area (Å²) in [5, 5.41) is 9.72. The van der Waals surface area contributed by atoms with Crippen molar-refractivity contribution in [2.75, 3.05) is 6.61 Å². The Morgan fingerprint density at radius 3 is 3.07 bits per heavy atom. The molecule has 0 fully saturated rings. The van der Waals surface area contributed by atoms with Gasteiger partial charge < -0.3 is 9.84 Å². The minimum atomic E-state index is -0.625. The zero-order valence-corrected chi connectivity index (χ0v) is 9.05. The van der Waals surface area contributed by atoms with Crippen molar-refractivity contribution >= 4 is 15.9 Å². The molecule has 0 aliphatic carbocycles. The fourth-order valence-electron chi connectivity index (χ4n) is 1.59. The van der Waals surface area contributed by atoms with Crippen molar-refractivity contribution in [1.29, 1.82) is 0 Å². The van der Waals surface area contributed by atoms with Gasteiger partial charge in [0.1, 0.15) is 11.6 Å². The molecule has 1 atom stereocenters. The number of halogens is 2. The molecule has 1 aliphatic heterocycles. The Kier molecular flexibility index (Phi) is 2.74. The predicted molar refractivity (Wildman–Crippen MR) is 53.8 cm³/mol. The minimum absolute atomic E-state index is 0.361. The van der Waals surface area contributed by atoms with Crippen molar-refractivity contribution in [3.8, 4) is 5.75 Å². The highest BCUT2D eigenvalue weighted by Crippen LogP contribution is 2.37. The summed E-state index contributed by atoms with van der Waals surface area (Å²) in [4.78, 5) is 0. The molecule has 0 spiro atoms. The van der Waals surface area contributed by atoms with E-state index in [0.717, 1.165) is 6.42 Å². The summed E-state index contributed by atoms with van der Waals surface area (Å²) in [6.07, 6.45) is 0.770. The number of hydrogen-bond acceptors (Lipinski definition) is 2. The highest BCUT2D eigenvalue weighted by Gasteiger charge is 2.20.